The summed E-state index contributed by atoms with van der Waals surface area (Å²) >= 11 is 0. The summed E-state index contributed by atoms with van der Waals surface area (Å²) in [6.07, 6.45) is 0. The van der Waals surface area contributed by atoms with Crippen molar-refractivity contribution in [3.05, 3.63) is 70.3 Å². The molecule has 0 aromatic heterocycles. The van der Waals surface area contributed by atoms with E-state index in [1.807, 2.05) is 32.0 Å². The maximum atomic E-state index is 13.8. The van der Waals surface area contributed by atoms with Crippen LogP contribution < -0.4 is 11.3 Å². The minimum absolute atomic E-state index is 0.326. The predicted octanol–water partition coefficient (Wildman–Crippen LogP) is 3.13. The molecule has 0 saturated carbocycles. The summed E-state index contributed by atoms with van der Waals surface area (Å²) in [6, 6.07) is 8.78. The van der Waals surface area contributed by atoms with Crippen molar-refractivity contribution in [3.8, 4) is 0 Å². The molecular weight excluding hydrogens is 246 g/mol. The predicted molar refractivity (Wildman–Crippen MR) is 71.4 cm³/mol. The zero-order valence-electron chi connectivity index (χ0n) is 10.9. The molecule has 1 atom stereocenters. The van der Waals surface area contributed by atoms with E-state index in [-0.39, 0.29) is 0 Å². The second-order valence-electron chi connectivity index (χ2n) is 4.61. The average molecular weight is 262 g/mol. The Morgan fingerprint density at radius 3 is 2.32 bits per heavy atom. The van der Waals surface area contributed by atoms with Gasteiger partial charge in [0, 0.05) is 11.6 Å². The van der Waals surface area contributed by atoms with Crippen LogP contribution in [0.15, 0.2) is 36.4 Å². The number of hydrogen-bond acceptors (Lipinski definition) is 2. The van der Waals surface area contributed by atoms with Gasteiger partial charge in [-0.05, 0) is 36.6 Å². The number of nitrogens with two attached hydrogens (primary N) is 1. The maximum Gasteiger partial charge on any atom is 0.131 e. The van der Waals surface area contributed by atoms with E-state index in [1.165, 1.54) is 12.1 Å². The van der Waals surface area contributed by atoms with Crippen molar-refractivity contribution in [2.75, 3.05) is 0 Å². The highest BCUT2D eigenvalue weighted by molar-refractivity contribution is 5.37. The van der Waals surface area contributed by atoms with Gasteiger partial charge in [-0.25, -0.2) is 14.2 Å². The minimum Gasteiger partial charge on any atom is -0.271 e. The highest BCUT2D eigenvalue weighted by Gasteiger charge is 2.17. The third-order valence-electron chi connectivity index (χ3n) is 3.30. The van der Waals surface area contributed by atoms with E-state index in [9.17, 15) is 8.78 Å². The lowest BCUT2D eigenvalue weighted by Gasteiger charge is -2.18. The zero-order chi connectivity index (χ0) is 14.0. The monoisotopic (exact) mass is 262 g/mol. The Morgan fingerprint density at radius 1 is 1.00 bits per heavy atom. The van der Waals surface area contributed by atoms with E-state index in [0.717, 1.165) is 22.8 Å². The molecule has 0 saturated heterocycles. The van der Waals surface area contributed by atoms with Crippen molar-refractivity contribution in [3.63, 3.8) is 0 Å². The first-order chi connectivity index (χ1) is 9.02. The van der Waals surface area contributed by atoms with Crippen molar-refractivity contribution in [2.45, 2.75) is 19.9 Å². The molecule has 0 spiro atoms. The van der Waals surface area contributed by atoms with Gasteiger partial charge in [0.15, 0.2) is 0 Å². The largest absolute Gasteiger partial charge is 0.271 e. The maximum absolute atomic E-state index is 13.8. The number of aryl methyl sites for hydroxylation is 2. The number of hydrogen-bond donors (Lipinski definition) is 2. The van der Waals surface area contributed by atoms with Crippen LogP contribution in [-0.4, -0.2) is 0 Å². The highest BCUT2D eigenvalue weighted by atomic mass is 19.1. The van der Waals surface area contributed by atoms with Crippen LogP contribution in [0.1, 0.15) is 28.3 Å². The molecule has 3 N–H and O–H groups in total. The first-order valence-corrected chi connectivity index (χ1v) is 6.01. The molecular formula is C15H16F2N2. The Balaban J connectivity index is 2.46. The van der Waals surface area contributed by atoms with Gasteiger partial charge in [0.25, 0.3) is 0 Å². The molecule has 0 bridgehead atoms. The molecule has 100 valence electrons. The van der Waals surface area contributed by atoms with Crippen LogP contribution in [0.3, 0.4) is 0 Å². The van der Waals surface area contributed by atoms with Crippen LogP contribution >= 0.6 is 0 Å². The molecule has 0 fully saturated rings. The standard InChI is InChI=1S/C15H16F2N2/c1-9-3-4-11(7-10(9)2)15(19-18)13-6-5-12(16)8-14(13)17/h3-8,15,19H,18H2,1-2H3. The van der Waals surface area contributed by atoms with E-state index in [0.29, 0.717) is 5.56 Å². The van der Waals surface area contributed by atoms with E-state index in [1.54, 1.807) is 0 Å². The molecule has 19 heavy (non-hydrogen) atoms. The number of benzene rings is 2. The fraction of sp³-hybridized carbons (Fsp3) is 0.200. The SMILES string of the molecule is Cc1ccc(C(NN)c2ccc(F)cc2F)cc1C. The summed E-state index contributed by atoms with van der Waals surface area (Å²) in [4.78, 5) is 0. The molecule has 1 unspecified atom stereocenters. The molecule has 2 rings (SSSR count). The Kier molecular flexibility index (Phi) is 3.93. The smallest absolute Gasteiger partial charge is 0.131 e. The summed E-state index contributed by atoms with van der Waals surface area (Å²) in [5.74, 6) is 4.31. The van der Waals surface area contributed by atoms with Crippen molar-refractivity contribution < 1.29 is 8.78 Å². The first kappa shape index (κ1) is 13.6. The van der Waals surface area contributed by atoms with Gasteiger partial charge in [-0.3, -0.25) is 5.84 Å². The number of hydrazine groups is 1. The van der Waals surface area contributed by atoms with Gasteiger partial charge < -0.3 is 0 Å². The third-order valence-corrected chi connectivity index (χ3v) is 3.30. The second kappa shape index (κ2) is 5.47. The Bertz CT molecular complexity index is 597. The van der Waals surface area contributed by atoms with Crippen molar-refractivity contribution in [2.24, 2.45) is 5.84 Å². The normalized spacial score (nSPS) is 12.5. The molecule has 0 heterocycles. The quantitative estimate of drug-likeness (QED) is 0.658. The van der Waals surface area contributed by atoms with Crippen molar-refractivity contribution >= 4 is 0 Å². The minimum atomic E-state index is -0.610. The Morgan fingerprint density at radius 2 is 1.74 bits per heavy atom. The lowest BCUT2D eigenvalue weighted by molar-refractivity contribution is 0.541. The van der Waals surface area contributed by atoms with Crippen molar-refractivity contribution in [1.29, 1.82) is 0 Å². The van der Waals surface area contributed by atoms with Gasteiger partial charge in [0.05, 0.1) is 6.04 Å². The first-order valence-electron chi connectivity index (χ1n) is 6.01. The fourth-order valence-electron chi connectivity index (χ4n) is 2.05. The van der Waals surface area contributed by atoms with E-state index >= 15 is 0 Å². The molecule has 0 aliphatic carbocycles. The Hall–Kier alpha value is -1.78. The molecule has 2 nitrogen and oxygen atoms in total. The summed E-state index contributed by atoms with van der Waals surface area (Å²) in [6.45, 7) is 3.98. The van der Waals surface area contributed by atoms with Crippen LogP contribution in [0.2, 0.25) is 0 Å². The average Bonchev–Trinajstić information content (AvgIpc) is 2.37. The van der Waals surface area contributed by atoms with Gasteiger partial charge >= 0.3 is 0 Å². The highest BCUT2D eigenvalue weighted by Crippen LogP contribution is 2.25. The molecule has 0 aliphatic rings. The summed E-state index contributed by atoms with van der Waals surface area (Å²) in [7, 11) is 0. The van der Waals surface area contributed by atoms with E-state index < -0.39 is 17.7 Å². The van der Waals surface area contributed by atoms with Gasteiger partial charge in [0.1, 0.15) is 11.6 Å². The van der Waals surface area contributed by atoms with Gasteiger partial charge in [-0.2, -0.15) is 0 Å². The van der Waals surface area contributed by atoms with Crippen LogP contribution in [-0.2, 0) is 0 Å². The summed E-state index contributed by atoms with van der Waals surface area (Å²) in [5, 5.41) is 0. The van der Waals surface area contributed by atoms with Crippen LogP contribution in [0.5, 0.6) is 0 Å². The van der Waals surface area contributed by atoms with Crippen molar-refractivity contribution in [1.82, 2.24) is 5.43 Å². The van der Waals surface area contributed by atoms with Crippen LogP contribution in [0.25, 0.3) is 0 Å². The zero-order valence-corrected chi connectivity index (χ0v) is 10.9. The topological polar surface area (TPSA) is 38.0 Å². The summed E-state index contributed by atoms with van der Waals surface area (Å²) < 4.78 is 26.8. The second-order valence-corrected chi connectivity index (χ2v) is 4.61. The van der Waals surface area contributed by atoms with Gasteiger partial charge in [-0.15, -0.1) is 0 Å². The third kappa shape index (κ3) is 2.80. The molecule has 2 aromatic rings. The number of rotatable bonds is 3. The number of nitrogens with one attached hydrogen (secondary N) is 1. The van der Waals surface area contributed by atoms with E-state index in [4.69, 9.17) is 5.84 Å². The molecule has 4 heteroatoms. The van der Waals surface area contributed by atoms with Crippen LogP contribution in [0, 0.1) is 25.5 Å². The lowest BCUT2D eigenvalue weighted by atomic mass is 9.96. The summed E-state index contributed by atoms with van der Waals surface area (Å²) in [5.41, 5.74) is 6.00. The van der Waals surface area contributed by atoms with Crippen LogP contribution in [0.4, 0.5) is 8.78 Å². The Labute approximate surface area is 111 Å². The lowest BCUT2D eigenvalue weighted by Crippen LogP contribution is -2.29. The molecule has 0 aliphatic heterocycles. The fourth-order valence-corrected chi connectivity index (χ4v) is 2.05. The van der Waals surface area contributed by atoms with E-state index in [2.05, 4.69) is 5.43 Å². The number of halogens is 2. The van der Waals surface area contributed by atoms with Gasteiger partial charge in [0.2, 0.25) is 0 Å². The molecule has 2 aromatic carbocycles. The molecule has 0 radical (unpaired) electrons. The van der Waals surface area contributed by atoms with Gasteiger partial charge in [-0.1, -0.05) is 24.3 Å². The molecule has 0 amide bonds.